The third kappa shape index (κ3) is 2.73. The topological polar surface area (TPSA) is 9.23 Å². The van der Waals surface area contributed by atoms with Crippen molar-refractivity contribution in [2.45, 2.75) is 78.1 Å². The highest BCUT2D eigenvalue weighted by Gasteiger charge is 2.55. The molecule has 25 heavy (non-hydrogen) atoms. The van der Waals surface area contributed by atoms with E-state index in [1.165, 1.54) is 57.1 Å². The van der Waals surface area contributed by atoms with Crippen LogP contribution in [0.4, 0.5) is 0 Å². The fourth-order valence-corrected chi connectivity index (χ4v) is 7.21. The van der Waals surface area contributed by atoms with Gasteiger partial charge in [-0.2, -0.15) is 0 Å². The average molecular weight is 341 g/mol. The molecule has 2 fully saturated rings. The van der Waals surface area contributed by atoms with Gasteiger partial charge in [0.25, 0.3) is 0 Å². The van der Waals surface area contributed by atoms with Gasteiger partial charge in [0.2, 0.25) is 0 Å². The first-order chi connectivity index (χ1) is 12.1. The zero-order valence-corrected chi connectivity index (χ0v) is 16.6. The molecule has 1 nitrogen and oxygen atoms in total. The third-order valence-electron chi connectivity index (χ3n) is 8.38. The molecule has 0 aliphatic heterocycles. The summed E-state index contributed by atoms with van der Waals surface area (Å²) in [6.45, 7) is 9.45. The van der Waals surface area contributed by atoms with Crippen molar-refractivity contribution in [1.82, 2.24) is 0 Å². The Labute approximate surface area is 154 Å². The van der Waals surface area contributed by atoms with Gasteiger partial charge in [0, 0.05) is 6.42 Å². The summed E-state index contributed by atoms with van der Waals surface area (Å²) in [5.74, 6) is 4.74. The number of allylic oxidation sites excluding steroid dienone is 4. The molecule has 0 bridgehead atoms. The van der Waals surface area contributed by atoms with Gasteiger partial charge in [-0.1, -0.05) is 43.6 Å². The highest BCUT2D eigenvalue weighted by Crippen LogP contribution is 2.64. The summed E-state index contributed by atoms with van der Waals surface area (Å²) in [6.07, 6.45) is 15.5. The van der Waals surface area contributed by atoms with Gasteiger partial charge >= 0.3 is 0 Å². The Balaban J connectivity index is 1.55. The van der Waals surface area contributed by atoms with Crippen LogP contribution in [-0.4, -0.2) is 7.11 Å². The standard InChI is InChI=1S/C24H36O/c1-5-6-16(2)22-11-12-23-21-9-7-17-15-18(25-4)8-10-19(17)20(21)13-14-24(22,23)3/h8,20-23H,2,5-7,9-15H2,1,3-4H3/t20?,21?,22-,23?,24-/m1/s1. The Hall–Kier alpha value is -0.980. The SMILES string of the molecule is C=C(CCC)[C@H]1CCC2C3CCC4=C(CC=C(OC)C4)C3CC[C@@]21C. The van der Waals surface area contributed by atoms with E-state index < -0.39 is 0 Å². The van der Waals surface area contributed by atoms with Crippen molar-refractivity contribution < 1.29 is 4.74 Å². The van der Waals surface area contributed by atoms with Crippen molar-refractivity contribution in [1.29, 1.82) is 0 Å². The van der Waals surface area contributed by atoms with Crippen LogP contribution >= 0.6 is 0 Å². The first-order valence-electron chi connectivity index (χ1n) is 10.7. The van der Waals surface area contributed by atoms with E-state index in [1.807, 2.05) is 12.7 Å². The van der Waals surface area contributed by atoms with Crippen molar-refractivity contribution >= 4 is 0 Å². The molecular formula is C24H36O. The smallest absolute Gasteiger partial charge is 0.0959 e. The summed E-state index contributed by atoms with van der Waals surface area (Å²) < 4.78 is 5.54. The van der Waals surface area contributed by atoms with Crippen molar-refractivity contribution in [2.75, 3.05) is 7.11 Å². The molecule has 5 atom stereocenters. The van der Waals surface area contributed by atoms with Gasteiger partial charge in [-0.05, 0) is 86.5 Å². The molecular weight excluding hydrogens is 304 g/mol. The van der Waals surface area contributed by atoms with Gasteiger partial charge in [-0.25, -0.2) is 0 Å². The van der Waals surface area contributed by atoms with Crippen molar-refractivity contribution in [2.24, 2.45) is 29.1 Å². The van der Waals surface area contributed by atoms with E-state index >= 15 is 0 Å². The van der Waals surface area contributed by atoms with E-state index in [0.717, 1.165) is 36.5 Å². The predicted octanol–water partition coefficient (Wildman–Crippen LogP) is 6.82. The molecule has 4 aliphatic carbocycles. The number of hydrogen-bond donors (Lipinski definition) is 0. The summed E-state index contributed by atoms with van der Waals surface area (Å²) in [7, 11) is 1.83. The van der Waals surface area contributed by atoms with Crippen LogP contribution in [0.25, 0.3) is 0 Å². The monoisotopic (exact) mass is 340 g/mol. The molecule has 0 radical (unpaired) electrons. The summed E-state index contributed by atoms with van der Waals surface area (Å²) in [6, 6.07) is 0. The van der Waals surface area contributed by atoms with E-state index in [2.05, 4.69) is 26.5 Å². The van der Waals surface area contributed by atoms with Crippen molar-refractivity contribution in [3.8, 4) is 0 Å². The van der Waals surface area contributed by atoms with Crippen LogP contribution in [0.5, 0.6) is 0 Å². The summed E-state index contributed by atoms with van der Waals surface area (Å²) >= 11 is 0. The van der Waals surface area contributed by atoms with Gasteiger partial charge in [0.05, 0.1) is 12.9 Å². The highest BCUT2D eigenvalue weighted by atomic mass is 16.5. The summed E-state index contributed by atoms with van der Waals surface area (Å²) in [5.41, 5.74) is 5.64. The molecule has 0 aromatic carbocycles. The lowest BCUT2D eigenvalue weighted by molar-refractivity contribution is 0.0221. The molecule has 4 aliphatic rings. The van der Waals surface area contributed by atoms with Crippen LogP contribution in [0.15, 0.2) is 35.1 Å². The van der Waals surface area contributed by atoms with E-state index in [1.54, 1.807) is 11.1 Å². The Bertz CT molecular complexity index is 610. The van der Waals surface area contributed by atoms with Crippen LogP contribution in [-0.2, 0) is 4.74 Å². The molecule has 0 N–H and O–H groups in total. The number of fused-ring (bicyclic) bond motifs is 4. The van der Waals surface area contributed by atoms with Crippen LogP contribution in [0.2, 0.25) is 0 Å². The minimum absolute atomic E-state index is 0.535. The molecule has 0 spiro atoms. The maximum atomic E-state index is 5.54. The second kappa shape index (κ2) is 6.63. The molecule has 1 heteroatoms. The molecule has 0 heterocycles. The molecule has 4 rings (SSSR count). The van der Waals surface area contributed by atoms with Gasteiger partial charge in [0.1, 0.15) is 0 Å². The van der Waals surface area contributed by atoms with Gasteiger partial charge in [-0.3, -0.25) is 0 Å². The summed E-state index contributed by atoms with van der Waals surface area (Å²) in [5, 5.41) is 0. The molecule has 0 aromatic heterocycles. The van der Waals surface area contributed by atoms with Crippen LogP contribution in [0.3, 0.4) is 0 Å². The lowest BCUT2D eigenvalue weighted by atomic mass is 9.53. The second-order valence-corrected chi connectivity index (χ2v) is 9.38. The van der Waals surface area contributed by atoms with Crippen LogP contribution in [0.1, 0.15) is 78.1 Å². The normalized spacial score (nSPS) is 40.0. The third-order valence-corrected chi connectivity index (χ3v) is 8.38. The first-order valence-corrected chi connectivity index (χ1v) is 10.7. The van der Waals surface area contributed by atoms with Gasteiger partial charge in [0.15, 0.2) is 0 Å². The van der Waals surface area contributed by atoms with Crippen molar-refractivity contribution in [3.05, 3.63) is 35.1 Å². The highest BCUT2D eigenvalue weighted by molar-refractivity contribution is 5.33. The Morgan fingerprint density at radius 2 is 2.12 bits per heavy atom. The molecule has 0 saturated heterocycles. The number of ether oxygens (including phenoxy) is 1. The van der Waals surface area contributed by atoms with Crippen LogP contribution in [0, 0.1) is 29.1 Å². The van der Waals surface area contributed by atoms with E-state index in [9.17, 15) is 0 Å². The fourth-order valence-electron chi connectivity index (χ4n) is 7.21. The second-order valence-electron chi connectivity index (χ2n) is 9.38. The van der Waals surface area contributed by atoms with Gasteiger partial charge < -0.3 is 4.74 Å². The number of rotatable bonds is 4. The Kier molecular flexibility index (Phi) is 4.63. The minimum Gasteiger partial charge on any atom is -0.501 e. The maximum Gasteiger partial charge on any atom is 0.0959 e. The van der Waals surface area contributed by atoms with Crippen molar-refractivity contribution in [3.63, 3.8) is 0 Å². The maximum absolute atomic E-state index is 5.54. The Morgan fingerprint density at radius 3 is 2.88 bits per heavy atom. The molecule has 0 amide bonds. The fraction of sp³-hybridized carbons (Fsp3) is 0.750. The minimum atomic E-state index is 0.535. The van der Waals surface area contributed by atoms with Crippen LogP contribution < -0.4 is 0 Å². The summed E-state index contributed by atoms with van der Waals surface area (Å²) in [4.78, 5) is 0. The van der Waals surface area contributed by atoms with E-state index in [-0.39, 0.29) is 0 Å². The first kappa shape index (κ1) is 17.4. The lowest BCUT2D eigenvalue weighted by Gasteiger charge is -2.52. The molecule has 3 unspecified atom stereocenters. The number of hydrogen-bond acceptors (Lipinski definition) is 1. The zero-order valence-electron chi connectivity index (χ0n) is 16.6. The number of methoxy groups -OCH3 is 1. The zero-order chi connectivity index (χ0) is 17.6. The lowest BCUT2D eigenvalue weighted by Crippen LogP contribution is -2.43. The quantitative estimate of drug-likeness (QED) is 0.510. The van der Waals surface area contributed by atoms with E-state index in [4.69, 9.17) is 4.74 Å². The molecule has 0 aromatic rings. The molecule has 2 saturated carbocycles. The average Bonchev–Trinajstić information content (AvgIpc) is 2.98. The molecule has 138 valence electrons. The Morgan fingerprint density at radius 1 is 1.28 bits per heavy atom. The largest absolute Gasteiger partial charge is 0.501 e. The van der Waals surface area contributed by atoms with Gasteiger partial charge in [-0.15, -0.1) is 0 Å². The van der Waals surface area contributed by atoms with E-state index in [0.29, 0.717) is 5.41 Å². The predicted molar refractivity (Wildman–Crippen MR) is 105 cm³/mol.